The maximum atomic E-state index is 12.1. The molecule has 3 rings (SSSR count). The number of aryl methyl sites for hydroxylation is 2. The van der Waals surface area contributed by atoms with Crippen molar-refractivity contribution in [3.8, 4) is 0 Å². The zero-order valence-electron chi connectivity index (χ0n) is 12.4. The Labute approximate surface area is 136 Å². The van der Waals surface area contributed by atoms with Gasteiger partial charge in [0.05, 0.1) is 12.1 Å². The second-order valence-electron chi connectivity index (χ2n) is 5.35. The number of rotatable bonds is 5. The third-order valence-electron chi connectivity index (χ3n) is 3.85. The molecule has 0 saturated carbocycles. The van der Waals surface area contributed by atoms with Crippen LogP contribution >= 0.6 is 12.4 Å². The van der Waals surface area contributed by atoms with Gasteiger partial charge in [0.1, 0.15) is 5.82 Å². The molecular formula is C16H21ClN4O. The quantitative estimate of drug-likeness (QED) is 0.887. The minimum atomic E-state index is 0. The molecule has 118 valence electrons. The lowest BCUT2D eigenvalue weighted by atomic mass is 10.1. The van der Waals surface area contributed by atoms with Gasteiger partial charge in [-0.3, -0.25) is 4.79 Å². The summed E-state index contributed by atoms with van der Waals surface area (Å²) in [5.41, 5.74) is 1.27. The highest BCUT2D eigenvalue weighted by atomic mass is 35.5. The molecule has 0 aliphatic carbocycles. The Balaban J connectivity index is 0.00000176. The number of halogens is 1. The molecule has 2 N–H and O–H groups in total. The first-order valence-corrected chi connectivity index (χ1v) is 7.40. The maximum Gasteiger partial charge on any atom is 0.229 e. The highest BCUT2D eigenvalue weighted by molar-refractivity contribution is 5.92. The van der Waals surface area contributed by atoms with Crippen molar-refractivity contribution in [1.82, 2.24) is 15.1 Å². The summed E-state index contributed by atoms with van der Waals surface area (Å²) < 4.78 is 1.85. The summed E-state index contributed by atoms with van der Waals surface area (Å²) in [5.74, 6) is 0.937. The van der Waals surface area contributed by atoms with Gasteiger partial charge in [-0.15, -0.1) is 12.4 Å². The second kappa shape index (κ2) is 7.96. The number of hydrogen-bond donors (Lipinski definition) is 2. The summed E-state index contributed by atoms with van der Waals surface area (Å²) in [5, 5.41) is 10.5. The molecule has 0 radical (unpaired) electrons. The summed E-state index contributed by atoms with van der Waals surface area (Å²) in [6, 6.07) is 12.1. The average molecular weight is 321 g/mol. The van der Waals surface area contributed by atoms with E-state index < -0.39 is 0 Å². The number of benzene rings is 1. The van der Waals surface area contributed by atoms with E-state index in [1.165, 1.54) is 5.56 Å². The standard InChI is InChI=1S/C16H20N4O.ClH/c21-16(14-6-9-17-12-14)19-15-7-10-18-20(15)11-8-13-4-2-1-3-5-13;/h1-5,7,10,14,17H,6,8-9,11-12H2,(H,19,21);1H. The van der Waals surface area contributed by atoms with Crippen LogP contribution in [-0.2, 0) is 17.8 Å². The van der Waals surface area contributed by atoms with Gasteiger partial charge in [0.2, 0.25) is 5.91 Å². The van der Waals surface area contributed by atoms with Gasteiger partial charge < -0.3 is 10.6 Å². The Bertz CT molecular complexity index is 593. The summed E-state index contributed by atoms with van der Waals surface area (Å²) in [4.78, 5) is 12.1. The Hall–Kier alpha value is -1.85. The van der Waals surface area contributed by atoms with E-state index in [1.54, 1.807) is 6.20 Å². The molecule has 0 spiro atoms. The first kappa shape index (κ1) is 16.5. The fraction of sp³-hybridized carbons (Fsp3) is 0.375. The topological polar surface area (TPSA) is 59.0 Å². The molecular weight excluding hydrogens is 300 g/mol. The number of hydrogen-bond acceptors (Lipinski definition) is 3. The number of carbonyl (C=O) groups is 1. The van der Waals surface area contributed by atoms with E-state index in [1.807, 2.05) is 28.9 Å². The Kier molecular flexibility index (Phi) is 5.98. The second-order valence-corrected chi connectivity index (χ2v) is 5.35. The van der Waals surface area contributed by atoms with E-state index in [-0.39, 0.29) is 24.2 Å². The smallest absolute Gasteiger partial charge is 0.229 e. The van der Waals surface area contributed by atoms with E-state index in [0.717, 1.165) is 38.3 Å². The van der Waals surface area contributed by atoms with Gasteiger partial charge in [0.25, 0.3) is 0 Å². The van der Waals surface area contributed by atoms with Crippen molar-refractivity contribution in [3.63, 3.8) is 0 Å². The van der Waals surface area contributed by atoms with E-state index in [0.29, 0.717) is 0 Å². The molecule has 1 amide bonds. The fourth-order valence-electron chi connectivity index (χ4n) is 2.60. The van der Waals surface area contributed by atoms with Crippen LogP contribution in [0.3, 0.4) is 0 Å². The molecule has 22 heavy (non-hydrogen) atoms. The van der Waals surface area contributed by atoms with E-state index in [2.05, 4.69) is 27.9 Å². The molecule has 1 aromatic heterocycles. The van der Waals surface area contributed by atoms with Gasteiger partial charge in [-0.2, -0.15) is 5.10 Å². The largest absolute Gasteiger partial charge is 0.316 e. The summed E-state index contributed by atoms with van der Waals surface area (Å²) in [7, 11) is 0. The first-order valence-electron chi connectivity index (χ1n) is 7.40. The van der Waals surface area contributed by atoms with Crippen LogP contribution in [0.5, 0.6) is 0 Å². The van der Waals surface area contributed by atoms with Gasteiger partial charge in [0, 0.05) is 19.2 Å². The maximum absolute atomic E-state index is 12.1. The molecule has 2 heterocycles. The van der Waals surface area contributed by atoms with E-state index >= 15 is 0 Å². The Morgan fingerprint density at radius 1 is 1.32 bits per heavy atom. The summed E-state index contributed by atoms with van der Waals surface area (Å²) in [6.07, 6.45) is 3.54. The molecule has 2 aromatic rings. The molecule has 1 unspecified atom stereocenters. The van der Waals surface area contributed by atoms with Crippen LogP contribution in [0.4, 0.5) is 5.82 Å². The predicted octanol–water partition coefficient (Wildman–Crippen LogP) is 2.10. The molecule has 1 aromatic carbocycles. The third-order valence-corrected chi connectivity index (χ3v) is 3.85. The zero-order valence-corrected chi connectivity index (χ0v) is 13.2. The SMILES string of the molecule is Cl.O=C(Nc1ccnn1CCc1ccccc1)C1CCNC1. The van der Waals surface area contributed by atoms with Crippen LogP contribution in [0, 0.1) is 5.92 Å². The monoisotopic (exact) mass is 320 g/mol. The van der Waals surface area contributed by atoms with Crippen LogP contribution in [0.25, 0.3) is 0 Å². The van der Waals surface area contributed by atoms with Crippen LogP contribution in [0.1, 0.15) is 12.0 Å². The molecule has 6 heteroatoms. The van der Waals surface area contributed by atoms with Crippen molar-refractivity contribution >= 4 is 24.1 Å². The lowest BCUT2D eigenvalue weighted by Crippen LogP contribution is -2.26. The minimum Gasteiger partial charge on any atom is -0.316 e. The van der Waals surface area contributed by atoms with Crippen molar-refractivity contribution in [2.75, 3.05) is 18.4 Å². The van der Waals surface area contributed by atoms with Crippen molar-refractivity contribution in [3.05, 3.63) is 48.2 Å². The number of nitrogens with zero attached hydrogens (tertiary/aromatic N) is 2. The van der Waals surface area contributed by atoms with Gasteiger partial charge in [-0.25, -0.2) is 4.68 Å². The highest BCUT2D eigenvalue weighted by Gasteiger charge is 2.23. The van der Waals surface area contributed by atoms with E-state index in [9.17, 15) is 4.79 Å². The zero-order chi connectivity index (χ0) is 14.5. The van der Waals surface area contributed by atoms with Crippen LogP contribution in [0.2, 0.25) is 0 Å². The van der Waals surface area contributed by atoms with Gasteiger partial charge in [0.15, 0.2) is 0 Å². The Morgan fingerprint density at radius 3 is 2.86 bits per heavy atom. The molecule has 1 atom stereocenters. The molecule has 0 bridgehead atoms. The minimum absolute atomic E-state index is 0. The third kappa shape index (κ3) is 4.08. The summed E-state index contributed by atoms with van der Waals surface area (Å²) >= 11 is 0. The number of amides is 1. The van der Waals surface area contributed by atoms with Crippen molar-refractivity contribution in [2.45, 2.75) is 19.4 Å². The number of nitrogens with one attached hydrogen (secondary N) is 2. The van der Waals surface area contributed by atoms with Crippen LogP contribution in [-0.4, -0.2) is 28.8 Å². The fourth-order valence-corrected chi connectivity index (χ4v) is 2.60. The Morgan fingerprint density at radius 2 is 2.14 bits per heavy atom. The van der Waals surface area contributed by atoms with E-state index in [4.69, 9.17) is 0 Å². The lowest BCUT2D eigenvalue weighted by Gasteiger charge is -2.12. The molecule has 1 aliphatic rings. The number of aromatic nitrogens is 2. The predicted molar refractivity (Wildman–Crippen MR) is 89.2 cm³/mol. The molecule has 5 nitrogen and oxygen atoms in total. The first-order chi connectivity index (χ1) is 10.3. The van der Waals surface area contributed by atoms with Crippen molar-refractivity contribution in [1.29, 1.82) is 0 Å². The number of anilines is 1. The molecule has 1 aliphatic heterocycles. The normalized spacial score (nSPS) is 17.0. The average Bonchev–Trinajstić information content (AvgIpc) is 3.18. The van der Waals surface area contributed by atoms with Gasteiger partial charge in [-0.1, -0.05) is 30.3 Å². The van der Waals surface area contributed by atoms with Gasteiger partial charge >= 0.3 is 0 Å². The number of carbonyl (C=O) groups excluding carboxylic acids is 1. The summed E-state index contributed by atoms with van der Waals surface area (Å²) in [6.45, 7) is 2.45. The van der Waals surface area contributed by atoms with Crippen molar-refractivity contribution < 1.29 is 4.79 Å². The van der Waals surface area contributed by atoms with Crippen molar-refractivity contribution in [2.24, 2.45) is 5.92 Å². The molecule has 1 fully saturated rings. The van der Waals surface area contributed by atoms with Crippen LogP contribution in [0.15, 0.2) is 42.6 Å². The highest BCUT2D eigenvalue weighted by Crippen LogP contribution is 2.13. The molecule has 1 saturated heterocycles. The lowest BCUT2D eigenvalue weighted by molar-refractivity contribution is -0.119. The van der Waals surface area contributed by atoms with Crippen LogP contribution < -0.4 is 10.6 Å². The van der Waals surface area contributed by atoms with Gasteiger partial charge in [-0.05, 0) is 24.9 Å².